The Bertz CT molecular complexity index is 1700. The molecule has 2 N–H and O–H groups in total. The highest BCUT2D eigenvalue weighted by molar-refractivity contribution is 6.32. The summed E-state index contributed by atoms with van der Waals surface area (Å²) in [5, 5.41) is 13.1. The molecule has 19 heteroatoms. The average Bonchev–Trinajstić information content (AvgIpc) is 3.69. The summed E-state index contributed by atoms with van der Waals surface area (Å²) in [6, 6.07) is 4.77. The largest absolute Gasteiger partial charge is 0.410 e. The Hall–Kier alpha value is -3.96. The summed E-state index contributed by atoms with van der Waals surface area (Å²) in [6.45, 7) is -2.10. The lowest BCUT2D eigenvalue weighted by Crippen LogP contribution is -2.53. The molecule has 0 radical (unpaired) electrons. The highest BCUT2D eigenvalue weighted by atomic mass is 35.5. The first-order valence-electron chi connectivity index (χ1n) is 12.8. The van der Waals surface area contributed by atoms with Crippen LogP contribution < -0.4 is 16.3 Å². The van der Waals surface area contributed by atoms with E-state index in [0.717, 1.165) is 4.68 Å². The highest BCUT2D eigenvalue weighted by Gasteiger charge is 2.48. The number of alkyl halides is 6. The van der Waals surface area contributed by atoms with Gasteiger partial charge in [0.2, 0.25) is 5.91 Å². The van der Waals surface area contributed by atoms with Crippen molar-refractivity contribution in [1.82, 2.24) is 44.7 Å². The van der Waals surface area contributed by atoms with Crippen LogP contribution in [-0.2, 0) is 17.9 Å². The second-order valence-electron chi connectivity index (χ2n) is 9.83. The van der Waals surface area contributed by atoms with E-state index < -0.39 is 61.5 Å². The van der Waals surface area contributed by atoms with Gasteiger partial charge in [-0.1, -0.05) is 23.2 Å². The molecule has 4 heterocycles. The third-order valence-electron chi connectivity index (χ3n) is 6.80. The van der Waals surface area contributed by atoms with E-state index in [0.29, 0.717) is 9.59 Å². The number of benzene rings is 1. The Morgan fingerprint density at radius 2 is 1.80 bits per heavy atom. The van der Waals surface area contributed by atoms with Gasteiger partial charge in [-0.05, 0) is 42.8 Å². The molecule has 3 aromatic heterocycles. The van der Waals surface area contributed by atoms with E-state index in [1.807, 2.05) is 0 Å². The number of carbonyl (C=O) groups excluding carboxylic acids is 1. The molecule has 0 bridgehead atoms. The summed E-state index contributed by atoms with van der Waals surface area (Å²) in [7, 11) is 0. The number of pyridine rings is 1. The first kappa shape index (κ1) is 31.5. The van der Waals surface area contributed by atoms with Gasteiger partial charge >= 0.3 is 18.0 Å². The minimum Gasteiger partial charge on any atom is -0.342 e. The van der Waals surface area contributed by atoms with Gasteiger partial charge in [-0.2, -0.15) is 26.3 Å². The zero-order valence-corrected chi connectivity index (χ0v) is 23.7. The highest BCUT2D eigenvalue weighted by Crippen LogP contribution is 2.33. The zero-order valence-electron chi connectivity index (χ0n) is 22.1. The van der Waals surface area contributed by atoms with Gasteiger partial charge < -0.3 is 10.6 Å². The van der Waals surface area contributed by atoms with Crippen molar-refractivity contribution in [3.8, 4) is 17.2 Å². The Morgan fingerprint density at radius 3 is 2.43 bits per heavy atom. The van der Waals surface area contributed by atoms with Gasteiger partial charge in [0, 0.05) is 23.3 Å². The van der Waals surface area contributed by atoms with Gasteiger partial charge in [-0.3, -0.25) is 9.36 Å². The minimum absolute atomic E-state index is 0.0494. The first-order chi connectivity index (χ1) is 20.7. The quantitative estimate of drug-likeness (QED) is 0.276. The van der Waals surface area contributed by atoms with Gasteiger partial charge in [0.05, 0.1) is 23.5 Å². The Balaban J connectivity index is 1.44. The van der Waals surface area contributed by atoms with E-state index in [4.69, 9.17) is 23.2 Å². The molecule has 0 aliphatic carbocycles. The summed E-state index contributed by atoms with van der Waals surface area (Å²) >= 11 is 12.1. The number of carbonyl (C=O) groups is 1. The predicted octanol–water partition coefficient (Wildman–Crippen LogP) is 3.63. The Kier molecular flexibility index (Phi) is 8.73. The molecule has 1 aromatic carbocycles. The number of hydrogen-bond acceptors (Lipinski definition) is 7. The lowest BCUT2D eigenvalue weighted by atomic mass is 10.0. The summed E-state index contributed by atoms with van der Waals surface area (Å²) in [4.78, 5) is 34.3. The third-order valence-corrected chi connectivity index (χ3v) is 7.35. The van der Waals surface area contributed by atoms with Crippen LogP contribution in [0.25, 0.3) is 17.2 Å². The maximum absolute atomic E-state index is 14.2. The predicted molar refractivity (Wildman–Crippen MR) is 144 cm³/mol. The molecule has 1 aliphatic rings. The summed E-state index contributed by atoms with van der Waals surface area (Å²) in [5.41, 5.74) is -0.775. The van der Waals surface area contributed by atoms with Crippen molar-refractivity contribution >= 4 is 29.1 Å². The molecule has 4 aromatic rings. The average molecular weight is 664 g/mol. The number of halogens is 8. The minimum atomic E-state index is -5.08. The lowest BCUT2D eigenvalue weighted by Gasteiger charge is -2.24. The number of rotatable bonds is 8. The van der Waals surface area contributed by atoms with Crippen LogP contribution in [-0.4, -0.2) is 71.0 Å². The summed E-state index contributed by atoms with van der Waals surface area (Å²) in [5.74, 6) is -3.07. The van der Waals surface area contributed by atoms with Crippen LogP contribution in [0.4, 0.5) is 26.3 Å². The smallest absolute Gasteiger partial charge is 0.342 e. The molecule has 1 saturated heterocycles. The molecule has 5 rings (SSSR count). The Morgan fingerprint density at radius 1 is 1.07 bits per heavy atom. The van der Waals surface area contributed by atoms with Crippen LogP contribution >= 0.6 is 23.2 Å². The topological polar surface area (TPSA) is 125 Å². The molecular weight excluding hydrogens is 643 g/mol. The number of hydrogen-bond donors (Lipinski definition) is 2. The summed E-state index contributed by atoms with van der Waals surface area (Å²) < 4.78 is 84.5. The number of nitrogens with one attached hydrogen (secondary N) is 2. The van der Waals surface area contributed by atoms with E-state index in [2.05, 4.69) is 25.5 Å². The van der Waals surface area contributed by atoms with Crippen molar-refractivity contribution in [2.24, 2.45) is 5.92 Å². The van der Waals surface area contributed by atoms with E-state index in [1.165, 1.54) is 41.5 Å². The maximum Gasteiger partial charge on any atom is 0.410 e. The second-order valence-corrected chi connectivity index (χ2v) is 10.7. The molecule has 0 saturated carbocycles. The fourth-order valence-corrected chi connectivity index (χ4v) is 4.88. The Labute approximate surface area is 253 Å². The molecule has 1 fully saturated rings. The molecule has 0 spiro atoms. The standard InChI is InChI=1S/C25H21Cl2F6N9O2/c26-15-5-3-13(4-6-15)20-39-41(11-19-36-12-42(38-19)21-16(27)2-1-7-34-21)23(44)40(20)10-18(25(31,32)33)37-22(43)17-8-14(9-35-17)24(28,29)30/h1-7,12,14,17-18,35H,8-11H2,(H,37,43)/t14?,17-,18?/m1/s1. The van der Waals surface area contributed by atoms with Crippen LogP contribution in [0.1, 0.15) is 12.2 Å². The third kappa shape index (κ3) is 6.89. The van der Waals surface area contributed by atoms with Crippen LogP contribution in [0, 0.1) is 5.92 Å². The van der Waals surface area contributed by atoms with E-state index in [9.17, 15) is 35.9 Å². The van der Waals surface area contributed by atoms with Gasteiger partial charge in [-0.25, -0.2) is 24.1 Å². The molecule has 3 atom stereocenters. The molecule has 44 heavy (non-hydrogen) atoms. The number of nitrogens with zero attached hydrogens (tertiary/aromatic N) is 7. The number of aromatic nitrogens is 7. The van der Waals surface area contributed by atoms with Gasteiger partial charge in [-0.15, -0.1) is 10.2 Å². The van der Waals surface area contributed by atoms with E-state index >= 15 is 0 Å². The van der Waals surface area contributed by atoms with E-state index in [1.54, 1.807) is 17.4 Å². The molecule has 2 unspecified atom stereocenters. The van der Waals surface area contributed by atoms with Crippen molar-refractivity contribution in [3.63, 3.8) is 0 Å². The molecule has 11 nitrogen and oxygen atoms in total. The monoisotopic (exact) mass is 663 g/mol. The van der Waals surface area contributed by atoms with Gasteiger partial charge in [0.25, 0.3) is 0 Å². The molecule has 1 amide bonds. The second kappa shape index (κ2) is 12.2. The van der Waals surface area contributed by atoms with Gasteiger partial charge in [0.15, 0.2) is 17.5 Å². The van der Waals surface area contributed by atoms with Gasteiger partial charge in [0.1, 0.15) is 18.9 Å². The molecular formula is C25H21Cl2F6N9O2. The van der Waals surface area contributed by atoms with Crippen molar-refractivity contribution in [3.05, 3.63) is 75.3 Å². The van der Waals surface area contributed by atoms with Crippen LogP contribution in [0.2, 0.25) is 10.0 Å². The fraction of sp³-hybridized carbons (Fsp3) is 0.360. The number of amides is 1. The van der Waals surface area contributed by atoms with Crippen molar-refractivity contribution < 1.29 is 31.1 Å². The SMILES string of the molecule is O=C(NC(Cn1c(-c2ccc(Cl)cc2)nn(Cc2ncn(-c3ncccc3Cl)n2)c1=O)C(F)(F)F)[C@H]1CC(C(F)(F)F)CN1. The van der Waals surface area contributed by atoms with Crippen molar-refractivity contribution in [1.29, 1.82) is 0 Å². The lowest BCUT2D eigenvalue weighted by molar-refractivity contribution is -0.170. The maximum atomic E-state index is 14.2. The van der Waals surface area contributed by atoms with Crippen molar-refractivity contribution in [2.75, 3.05) is 6.54 Å². The first-order valence-corrected chi connectivity index (χ1v) is 13.6. The van der Waals surface area contributed by atoms with Crippen LogP contribution in [0.3, 0.4) is 0 Å². The van der Waals surface area contributed by atoms with Crippen LogP contribution in [0.15, 0.2) is 53.7 Å². The zero-order chi connectivity index (χ0) is 31.8. The van der Waals surface area contributed by atoms with Crippen molar-refractivity contribution in [2.45, 2.75) is 43.9 Å². The molecule has 1 aliphatic heterocycles. The normalized spacial score (nSPS) is 18.0. The van der Waals surface area contributed by atoms with Crippen LogP contribution in [0.5, 0.6) is 0 Å². The summed E-state index contributed by atoms with van der Waals surface area (Å²) in [6.07, 6.45) is -7.67. The molecule has 234 valence electrons. The fourth-order valence-electron chi connectivity index (χ4n) is 4.54. The van der Waals surface area contributed by atoms with E-state index in [-0.39, 0.29) is 34.6 Å².